The Labute approximate surface area is 172 Å². The van der Waals surface area contributed by atoms with Gasteiger partial charge in [0.05, 0.1) is 12.0 Å². The summed E-state index contributed by atoms with van der Waals surface area (Å²) < 4.78 is 15.7. The number of oxazole rings is 1. The van der Waals surface area contributed by atoms with E-state index in [0.29, 0.717) is 11.6 Å². The number of benzene rings is 1. The second-order valence-corrected chi connectivity index (χ2v) is 7.01. The molecule has 1 aromatic carbocycles. The maximum atomic E-state index is 12.1. The Kier molecular flexibility index (Phi) is 6.80. The lowest BCUT2D eigenvalue weighted by Gasteiger charge is -2.11. The molecule has 0 bridgehead atoms. The molecule has 8 heteroatoms. The quantitative estimate of drug-likeness (QED) is 0.448. The van der Waals surface area contributed by atoms with E-state index < -0.39 is 17.9 Å². The molecule has 0 aliphatic carbocycles. The molecule has 3 aromatic rings. The van der Waals surface area contributed by atoms with Crippen LogP contribution in [0.5, 0.6) is 5.75 Å². The largest absolute Gasteiger partial charge is 0.497 e. The number of carbonyl (C=O) groups is 2. The number of amides is 1. The van der Waals surface area contributed by atoms with Gasteiger partial charge in [0, 0.05) is 6.08 Å². The number of hydrogen-bond acceptors (Lipinski definition) is 7. The van der Waals surface area contributed by atoms with Crippen LogP contribution in [0.15, 0.2) is 58.5 Å². The van der Waals surface area contributed by atoms with Crippen LogP contribution < -0.4 is 10.1 Å². The maximum absolute atomic E-state index is 12.1. The number of aromatic nitrogens is 1. The fourth-order valence-corrected chi connectivity index (χ4v) is 3.02. The van der Waals surface area contributed by atoms with E-state index in [1.807, 2.05) is 29.6 Å². The van der Waals surface area contributed by atoms with Crippen molar-refractivity contribution in [2.45, 2.75) is 19.6 Å². The average molecular weight is 412 g/mol. The molecule has 7 nitrogen and oxygen atoms in total. The van der Waals surface area contributed by atoms with Crippen molar-refractivity contribution in [2.75, 3.05) is 7.11 Å². The van der Waals surface area contributed by atoms with Gasteiger partial charge in [-0.3, -0.25) is 4.79 Å². The second-order valence-electron chi connectivity index (χ2n) is 6.07. The van der Waals surface area contributed by atoms with E-state index >= 15 is 0 Å². The highest BCUT2D eigenvalue weighted by Gasteiger charge is 2.17. The molecule has 1 amide bonds. The third-order valence-corrected chi connectivity index (χ3v) is 4.76. The molecule has 0 spiro atoms. The van der Waals surface area contributed by atoms with Gasteiger partial charge in [-0.2, -0.15) is 0 Å². The molecule has 2 heterocycles. The van der Waals surface area contributed by atoms with Gasteiger partial charge < -0.3 is 19.2 Å². The Hall–Kier alpha value is -3.39. The minimum Gasteiger partial charge on any atom is -0.497 e. The molecule has 29 heavy (non-hydrogen) atoms. The molecule has 2 aromatic heterocycles. The number of methoxy groups -OCH3 is 1. The van der Waals surface area contributed by atoms with Crippen LogP contribution in [0, 0.1) is 0 Å². The number of nitrogens with one attached hydrogen (secondary N) is 1. The van der Waals surface area contributed by atoms with Crippen molar-refractivity contribution >= 4 is 29.3 Å². The maximum Gasteiger partial charge on any atom is 0.328 e. The summed E-state index contributed by atoms with van der Waals surface area (Å²) in [6.45, 7) is 1.52. The minimum atomic E-state index is -0.799. The Morgan fingerprint density at radius 3 is 2.76 bits per heavy atom. The van der Waals surface area contributed by atoms with Gasteiger partial charge >= 0.3 is 5.97 Å². The molecular formula is C21H20N2O5S. The third-order valence-electron chi connectivity index (χ3n) is 3.90. The molecular weight excluding hydrogens is 392 g/mol. The molecule has 0 aliphatic rings. The highest BCUT2D eigenvalue weighted by molar-refractivity contribution is 7.13. The highest BCUT2D eigenvalue weighted by Crippen LogP contribution is 2.23. The molecule has 0 saturated carbocycles. The standard InChI is InChI=1S/C21H20N2O5S/c1-14(22-19(24)10-7-15-5-8-17(26-2)9-6-15)21(25)28-13-16-12-27-20(23-16)18-4-3-11-29-18/h3-12,14H,13H2,1-2H3,(H,22,24). The van der Waals surface area contributed by atoms with E-state index in [-0.39, 0.29) is 6.61 Å². The lowest BCUT2D eigenvalue weighted by atomic mass is 10.2. The number of nitrogens with zero attached hydrogens (tertiary/aromatic N) is 1. The van der Waals surface area contributed by atoms with Crippen molar-refractivity contribution in [3.05, 3.63) is 65.4 Å². The van der Waals surface area contributed by atoms with E-state index in [2.05, 4.69) is 10.3 Å². The normalized spacial score (nSPS) is 11.9. The monoisotopic (exact) mass is 412 g/mol. The van der Waals surface area contributed by atoms with Crippen LogP contribution in [-0.4, -0.2) is 30.0 Å². The van der Waals surface area contributed by atoms with Crippen LogP contribution in [0.25, 0.3) is 16.8 Å². The van der Waals surface area contributed by atoms with Crippen LogP contribution in [0.1, 0.15) is 18.2 Å². The van der Waals surface area contributed by atoms with E-state index in [0.717, 1.165) is 16.2 Å². The number of rotatable bonds is 8. The lowest BCUT2D eigenvalue weighted by molar-refractivity contribution is -0.148. The predicted molar refractivity (Wildman–Crippen MR) is 109 cm³/mol. The van der Waals surface area contributed by atoms with Crippen LogP contribution in [0.2, 0.25) is 0 Å². The Morgan fingerprint density at radius 1 is 1.28 bits per heavy atom. The molecule has 1 atom stereocenters. The van der Waals surface area contributed by atoms with Crippen LogP contribution >= 0.6 is 11.3 Å². The van der Waals surface area contributed by atoms with E-state index in [4.69, 9.17) is 13.9 Å². The fraction of sp³-hybridized carbons (Fsp3) is 0.190. The third kappa shape index (κ3) is 5.79. The number of thiophene rings is 1. The molecule has 1 N–H and O–H groups in total. The molecule has 0 aliphatic heterocycles. The van der Waals surface area contributed by atoms with Crippen molar-refractivity contribution in [3.63, 3.8) is 0 Å². The van der Waals surface area contributed by atoms with Gasteiger partial charge in [0.25, 0.3) is 0 Å². The topological polar surface area (TPSA) is 90.7 Å². The molecule has 0 saturated heterocycles. The second kappa shape index (κ2) is 9.70. The van der Waals surface area contributed by atoms with E-state index in [1.54, 1.807) is 32.2 Å². The summed E-state index contributed by atoms with van der Waals surface area (Å²) in [7, 11) is 1.59. The van der Waals surface area contributed by atoms with E-state index in [9.17, 15) is 9.59 Å². The number of esters is 1. The summed E-state index contributed by atoms with van der Waals surface area (Å²) >= 11 is 1.51. The Morgan fingerprint density at radius 2 is 2.07 bits per heavy atom. The van der Waals surface area contributed by atoms with Gasteiger partial charge in [-0.05, 0) is 42.1 Å². The van der Waals surface area contributed by atoms with Crippen LogP contribution in [0.3, 0.4) is 0 Å². The predicted octanol–water partition coefficient (Wildman–Crippen LogP) is 3.67. The molecule has 1 unspecified atom stereocenters. The van der Waals surface area contributed by atoms with Gasteiger partial charge in [-0.15, -0.1) is 11.3 Å². The number of ether oxygens (including phenoxy) is 2. The van der Waals surface area contributed by atoms with Gasteiger partial charge in [0.15, 0.2) is 0 Å². The lowest BCUT2D eigenvalue weighted by Crippen LogP contribution is -2.38. The summed E-state index contributed by atoms with van der Waals surface area (Å²) in [5.74, 6) is 0.261. The smallest absolute Gasteiger partial charge is 0.328 e. The van der Waals surface area contributed by atoms with Crippen molar-refractivity contribution < 1.29 is 23.5 Å². The highest BCUT2D eigenvalue weighted by atomic mass is 32.1. The first-order valence-electron chi connectivity index (χ1n) is 8.82. The minimum absolute atomic E-state index is 0.0321. The molecule has 0 radical (unpaired) electrons. The SMILES string of the molecule is COc1ccc(C=CC(=O)NC(C)C(=O)OCc2coc(-c3cccs3)n2)cc1. The van der Waals surface area contributed by atoms with Crippen LogP contribution in [-0.2, 0) is 20.9 Å². The molecule has 150 valence electrons. The zero-order valence-corrected chi connectivity index (χ0v) is 16.8. The zero-order valence-electron chi connectivity index (χ0n) is 16.0. The number of carbonyl (C=O) groups excluding carboxylic acids is 2. The van der Waals surface area contributed by atoms with Gasteiger partial charge in [0.1, 0.15) is 30.4 Å². The van der Waals surface area contributed by atoms with Gasteiger partial charge in [-0.1, -0.05) is 18.2 Å². The number of hydrogen-bond donors (Lipinski definition) is 1. The molecule has 0 fully saturated rings. The van der Waals surface area contributed by atoms with Crippen molar-refractivity contribution in [2.24, 2.45) is 0 Å². The summed E-state index contributed by atoms with van der Waals surface area (Å²) in [4.78, 5) is 29.3. The van der Waals surface area contributed by atoms with Gasteiger partial charge in [-0.25, -0.2) is 9.78 Å². The van der Waals surface area contributed by atoms with Crippen molar-refractivity contribution in [3.8, 4) is 16.5 Å². The fourth-order valence-electron chi connectivity index (χ4n) is 2.36. The Bertz CT molecular complexity index is 977. The summed E-state index contributed by atoms with van der Waals surface area (Å²) in [5.41, 5.74) is 1.34. The summed E-state index contributed by atoms with van der Waals surface area (Å²) in [6, 6.07) is 10.2. The Balaban J connectivity index is 1.45. The van der Waals surface area contributed by atoms with Crippen molar-refractivity contribution in [1.82, 2.24) is 10.3 Å². The zero-order chi connectivity index (χ0) is 20.6. The average Bonchev–Trinajstić information content (AvgIpc) is 3.42. The van der Waals surface area contributed by atoms with Crippen molar-refractivity contribution in [1.29, 1.82) is 0 Å². The summed E-state index contributed by atoms with van der Waals surface area (Å²) in [5, 5.41) is 4.49. The first-order chi connectivity index (χ1) is 14.0. The first-order valence-corrected chi connectivity index (χ1v) is 9.70. The molecule has 3 rings (SSSR count). The van der Waals surface area contributed by atoms with Gasteiger partial charge in [0.2, 0.25) is 11.8 Å². The first kappa shape index (κ1) is 20.3. The van der Waals surface area contributed by atoms with E-state index in [1.165, 1.54) is 23.7 Å². The van der Waals surface area contributed by atoms with Crippen LogP contribution in [0.4, 0.5) is 0 Å². The summed E-state index contributed by atoms with van der Waals surface area (Å²) in [6.07, 6.45) is 4.45.